The molecule has 0 spiro atoms. The van der Waals surface area contributed by atoms with E-state index in [4.69, 9.17) is 9.52 Å². The van der Waals surface area contributed by atoms with E-state index < -0.39 is 5.97 Å². The maximum Gasteiger partial charge on any atom is 0.371 e. The lowest BCUT2D eigenvalue weighted by Gasteiger charge is -2.20. The van der Waals surface area contributed by atoms with E-state index in [1.165, 1.54) is 18.2 Å². The molecule has 1 N–H and O–H groups in total. The van der Waals surface area contributed by atoms with Crippen molar-refractivity contribution < 1.29 is 18.7 Å². The summed E-state index contributed by atoms with van der Waals surface area (Å²) < 4.78 is 18.6. The fourth-order valence-corrected chi connectivity index (χ4v) is 2.45. The van der Waals surface area contributed by atoms with Crippen molar-refractivity contribution in [3.63, 3.8) is 0 Å². The van der Waals surface area contributed by atoms with Crippen molar-refractivity contribution in [3.05, 3.63) is 53.5 Å². The normalized spacial score (nSPS) is 11.8. The Morgan fingerprint density at radius 2 is 1.83 bits per heavy atom. The van der Waals surface area contributed by atoms with Crippen molar-refractivity contribution in [3.8, 4) is 11.3 Å². The highest BCUT2D eigenvalue weighted by atomic mass is 19.1. The quantitative estimate of drug-likeness (QED) is 0.749. The van der Waals surface area contributed by atoms with Gasteiger partial charge in [0.2, 0.25) is 5.76 Å². The molecule has 2 heterocycles. The largest absolute Gasteiger partial charge is 0.475 e. The highest BCUT2D eigenvalue weighted by Crippen LogP contribution is 2.34. The van der Waals surface area contributed by atoms with Gasteiger partial charge < -0.3 is 9.52 Å². The molecule has 3 aromatic rings. The number of furan rings is 1. The van der Waals surface area contributed by atoms with Gasteiger partial charge in [0, 0.05) is 17.2 Å². The Bertz CT molecular complexity index is 889. The summed E-state index contributed by atoms with van der Waals surface area (Å²) in [5.74, 6) is -1.59. The Hall–Kier alpha value is -2.69. The highest BCUT2D eigenvalue weighted by molar-refractivity contribution is 5.92. The molecule has 0 bridgehead atoms. The number of carboxylic acid groups (broad SMARTS) is 1. The molecule has 0 aliphatic heterocycles. The molecule has 0 saturated heterocycles. The SMILES string of the molecule is CC(C)(C)c1cc(-c2ccc(F)cc2)nc2cc(C(=O)O)oc12. The molecular weight excluding hydrogens is 297 g/mol. The predicted octanol–water partition coefficient (Wildman–Crippen LogP) is 4.63. The number of pyridine rings is 1. The first kappa shape index (κ1) is 15.2. The van der Waals surface area contributed by atoms with E-state index in [1.54, 1.807) is 12.1 Å². The molecular formula is C18H16FNO3. The van der Waals surface area contributed by atoms with E-state index >= 15 is 0 Å². The van der Waals surface area contributed by atoms with Gasteiger partial charge in [0.15, 0.2) is 5.58 Å². The summed E-state index contributed by atoms with van der Waals surface area (Å²) in [5.41, 5.74) is 2.96. The van der Waals surface area contributed by atoms with Crippen LogP contribution in [0.5, 0.6) is 0 Å². The summed E-state index contributed by atoms with van der Waals surface area (Å²) in [6.45, 7) is 6.04. The number of nitrogens with zero attached hydrogens (tertiary/aromatic N) is 1. The molecule has 118 valence electrons. The minimum absolute atomic E-state index is 0.144. The van der Waals surface area contributed by atoms with Crippen LogP contribution in [-0.2, 0) is 5.41 Å². The van der Waals surface area contributed by atoms with Crippen molar-refractivity contribution in [1.82, 2.24) is 4.98 Å². The van der Waals surface area contributed by atoms with Crippen LogP contribution in [0.1, 0.15) is 36.9 Å². The molecule has 5 heteroatoms. The van der Waals surface area contributed by atoms with Crippen molar-refractivity contribution in [1.29, 1.82) is 0 Å². The van der Waals surface area contributed by atoms with Gasteiger partial charge in [-0.25, -0.2) is 14.2 Å². The van der Waals surface area contributed by atoms with E-state index in [0.717, 1.165) is 11.1 Å². The van der Waals surface area contributed by atoms with Crippen LogP contribution in [0, 0.1) is 5.82 Å². The molecule has 3 rings (SSSR count). The Morgan fingerprint density at radius 1 is 1.17 bits per heavy atom. The number of hydrogen-bond acceptors (Lipinski definition) is 3. The van der Waals surface area contributed by atoms with Gasteiger partial charge >= 0.3 is 5.97 Å². The molecule has 4 nitrogen and oxygen atoms in total. The van der Waals surface area contributed by atoms with Gasteiger partial charge in [-0.3, -0.25) is 0 Å². The summed E-state index contributed by atoms with van der Waals surface area (Å²) >= 11 is 0. The second kappa shape index (κ2) is 5.19. The Kier molecular flexibility index (Phi) is 3.43. The van der Waals surface area contributed by atoms with Crippen LogP contribution in [-0.4, -0.2) is 16.1 Å². The van der Waals surface area contributed by atoms with Crippen LogP contribution in [0.15, 0.2) is 40.8 Å². The average molecular weight is 313 g/mol. The monoisotopic (exact) mass is 313 g/mol. The number of halogens is 1. The number of hydrogen-bond donors (Lipinski definition) is 1. The van der Waals surface area contributed by atoms with E-state index in [-0.39, 0.29) is 17.0 Å². The molecule has 0 aliphatic carbocycles. The summed E-state index contributed by atoms with van der Waals surface area (Å²) in [6.07, 6.45) is 0. The van der Waals surface area contributed by atoms with Gasteiger partial charge in [0.25, 0.3) is 0 Å². The van der Waals surface area contributed by atoms with Gasteiger partial charge in [0.05, 0.1) is 5.69 Å². The first-order valence-electron chi connectivity index (χ1n) is 7.20. The molecule has 0 unspecified atom stereocenters. The molecule has 0 fully saturated rings. The molecule has 0 amide bonds. The molecule has 1 aromatic carbocycles. The van der Waals surface area contributed by atoms with Crippen molar-refractivity contribution in [2.75, 3.05) is 0 Å². The summed E-state index contributed by atoms with van der Waals surface area (Å²) in [7, 11) is 0. The summed E-state index contributed by atoms with van der Waals surface area (Å²) in [4.78, 5) is 15.6. The minimum atomic E-state index is -1.13. The number of benzene rings is 1. The van der Waals surface area contributed by atoms with Crippen LogP contribution in [0.25, 0.3) is 22.4 Å². The van der Waals surface area contributed by atoms with E-state index in [1.807, 2.05) is 26.8 Å². The summed E-state index contributed by atoms with van der Waals surface area (Å²) in [5, 5.41) is 9.13. The number of aromatic carboxylic acids is 1. The van der Waals surface area contributed by atoms with Gasteiger partial charge in [0.1, 0.15) is 11.3 Å². The van der Waals surface area contributed by atoms with Gasteiger partial charge in [-0.1, -0.05) is 20.8 Å². The molecule has 23 heavy (non-hydrogen) atoms. The molecule has 0 atom stereocenters. The van der Waals surface area contributed by atoms with Crippen LogP contribution < -0.4 is 0 Å². The zero-order valence-electron chi connectivity index (χ0n) is 13.1. The maximum absolute atomic E-state index is 13.1. The Balaban J connectivity index is 2.28. The van der Waals surface area contributed by atoms with Gasteiger partial charge in [-0.05, 0) is 35.7 Å². The fraction of sp³-hybridized carbons (Fsp3) is 0.222. The van der Waals surface area contributed by atoms with Gasteiger partial charge in [-0.15, -0.1) is 0 Å². The van der Waals surface area contributed by atoms with Crippen molar-refractivity contribution in [2.45, 2.75) is 26.2 Å². The first-order valence-corrected chi connectivity index (χ1v) is 7.20. The number of rotatable bonds is 2. The van der Waals surface area contributed by atoms with Crippen LogP contribution in [0.4, 0.5) is 4.39 Å². The number of carbonyl (C=O) groups is 1. The predicted molar refractivity (Wildman–Crippen MR) is 85.1 cm³/mol. The Labute approximate surface area is 132 Å². The smallest absolute Gasteiger partial charge is 0.371 e. The van der Waals surface area contributed by atoms with Crippen LogP contribution in [0.3, 0.4) is 0 Å². The third-order valence-electron chi connectivity index (χ3n) is 3.64. The van der Waals surface area contributed by atoms with E-state index in [0.29, 0.717) is 16.8 Å². The fourth-order valence-electron chi connectivity index (χ4n) is 2.45. The average Bonchev–Trinajstić information content (AvgIpc) is 2.90. The van der Waals surface area contributed by atoms with Crippen LogP contribution in [0.2, 0.25) is 0 Å². The minimum Gasteiger partial charge on any atom is -0.475 e. The van der Waals surface area contributed by atoms with E-state index in [2.05, 4.69) is 4.98 Å². The highest BCUT2D eigenvalue weighted by Gasteiger charge is 2.23. The second-order valence-corrected chi connectivity index (χ2v) is 6.44. The number of aromatic nitrogens is 1. The third kappa shape index (κ3) is 2.82. The number of carboxylic acids is 1. The second-order valence-electron chi connectivity index (χ2n) is 6.44. The van der Waals surface area contributed by atoms with Gasteiger partial charge in [-0.2, -0.15) is 0 Å². The lowest BCUT2D eigenvalue weighted by Crippen LogP contribution is -2.12. The third-order valence-corrected chi connectivity index (χ3v) is 3.64. The lowest BCUT2D eigenvalue weighted by molar-refractivity contribution is 0.0665. The molecule has 0 aliphatic rings. The first-order chi connectivity index (χ1) is 10.8. The van der Waals surface area contributed by atoms with Crippen molar-refractivity contribution >= 4 is 17.1 Å². The number of fused-ring (bicyclic) bond motifs is 1. The van der Waals surface area contributed by atoms with Crippen molar-refractivity contribution in [2.24, 2.45) is 0 Å². The van der Waals surface area contributed by atoms with Crippen LogP contribution >= 0.6 is 0 Å². The molecule has 2 aromatic heterocycles. The topological polar surface area (TPSA) is 63.3 Å². The molecule has 0 radical (unpaired) electrons. The maximum atomic E-state index is 13.1. The Morgan fingerprint density at radius 3 is 2.39 bits per heavy atom. The zero-order chi connectivity index (χ0) is 16.8. The zero-order valence-corrected chi connectivity index (χ0v) is 13.1. The molecule has 0 saturated carbocycles. The van der Waals surface area contributed by atoms with E-state index in [9.17, 15) is 9.18 Å². The summed E-state index contributed by atoms with van der Waals surface area (Å²) in [6, 6.07) is 9.32. The standard InChI is InChI=1S/C18H16FNO3/c1-18(2,3)12-8-13(10-4-6-11(19)7-5-10)20-14-9-15(17(21)22)23-16(12)14/h4-9H,1-3H3,(H,21,22). The lowest BCUT2D eigenvalue weighted by atomic mass is 9.86.